The van der Waals surface area contributed by atoms with Crippen molar-refractivity contribution in [1.82, 2.24) is 4.90 Å². The lowest BCUT2D eigenvalue weighted by Gasteiger charge is -2.43. The Balaban J connectivity index is 2.44. The van der Waals surface area contributed by atoms with Gasteiger partial charge in [0, 0.05) is 17.9 Å². The highest BCUT2D eigenvalue weighted by Crippen LogP contribution is 2.32. The van der Waals surface area contributed by atoms with E-state index in [2.05, 4.69) is 0 Å². The maximum Gasteiger partial charge on any atom is 0.316 e. The van der Waals surface area contributed by atoms with Gasteiger partial charge >= 0.3 is 5.97 Å². The molecule has 0 radical (unpaired) electrons. The quantitative estimate of drug-likeness (QED) is 0.421. The van der Waals surface area contributed by atoms with Crippen molar-refractivity contribution in [3.63, 3.8) is 0 Å². The largest absolute Gasteiger partial charge is 0.458 e. The molecule has 1 saturated heterocycles. The second kappa shape index (κ2) is 12.9. The van der Waals surface area contributed by atoms with E-state index in [0.29, 0.717) is 19.3 Å². The zero-order chi connectivity index (χ0) is 28.2. The lowest BCUT2D eigenvalue weighted by Crippen LogP contribution is -2.56. The average Bonchev–Trinajstić information content (AvgIpc) is 2.83. The minimum atomic E-state index is -1.57. The van der Waals surface area contributed by atoms with Gasteiger partial charge < -0.3 is 29.3 Å². The zero-order valence-electron chi connectivity index (χ0n) is 23.8. The van der Waals surface area contributed by atoms with Crippen LogP contribution < -0.4 is 0 Å². The SMILES string of the molecule is CC[C@H]1OC(=O)[C@H](C)C(=O)[C@H](C)[C@@H](O[C@H]2OC(C)C[C@H](N(C)C)C2O)[C@@H](C)C[C@@H](C)C(=O)/C=C/[C@]1(C)O. The van der Waals surface area contributed by atoms with E-state index in [9.17, 15) is 24.6 Å². The summed E-state index contributed by atoms with van der Waals surface area (Å²) in [6.07, 6.45) is 0.318. The second-order valence-corrected chi connectivity index (χ2v) is 11.5. The monoisotopic (exact) mass is 525 g/mol. The third-order valence-corrected chi connectivity index (χ3v) is 7.93. The van der Waals surface area contributed by atoms with Crippen LogP contribution in [0.4, 0.5) is 0 Å². The number of rotatable bonds is 4. The number of carbonyl (C=O) groups excluding carboxylic acids is 3. The minimum Gasteiger partial charge on any atom is -0.458 e. The van der Waals surface area contributed by atoms with Crippen molar-refractivity contribution >= 4 is 17.5 Å². The molecule has 0 amide bonds. The molecule has 2 N–H and O–H groups in total. The van der Waals surface area contributed by atoms with Gasteiger partial charge in [-0.2, -0.15) is 0 Å². The van der Waals surface area contributed by atoms with Crippen LogP contribution in [0, 0.1) is 23.7 Å². The van der Waals surface area contributed by atoms with Gasteiger partial charge in [-0.3, -0.25) is 14.4 Å². The third-order valence-electron chi connectivity index (χ3n) is 7.93. The molecule has 0 aromatic rings. The molecule has 1 fully saturated rings. The van der Waals surface area contributed by atoms with E-state index in [-0.39, 0.29) is 29.6 Å². The van der Waals surface area contributed by atoms with Crippen LogP contribution in [0.2, 0.25) is 0 Å². The molecule has 2 rings (SSSR count). The molecule has 2 unspecified atom stereocenters. The number of ether oxygens (including phenoxy) is 3. The number of likely N-dealkylation sites (N-methyl/N-ethyl adjacent to an activating group) is 1. The predicted octanol–water partition coefficient (Wildman–Crippen LogP) is 2.51. The lowest BCUT2D eigenvalue weighted by molar-refractivity contribution is -0.278. The van der Waals surface area contributed by atoms with Crippen molar-refractivity contribution in [2.24, 2.45) is 23.7 Å². The molecule has 0 bridgehead atoms. The highest BCUT2D eigenvalue weighted by Gasteiger charge is 2.44. The van der Waals surface area contributed by atoms with E-state index in [4.69, 9.17) is 14.2 Å². The summed E-state index contributed by atoms with van der Waals surface area (Å²) in [5.41, 5.74) is -1.57. The van der Waals surface area contributed by atoms with E-state index >= 15 is 0 Å². The molecule has 212 valence electrons. The van der Waals surface area contributed by atoms with Gasteiger partial charge in [-0.25, -0.2) is 0 Å². The van der Waals surface area contributed by atoms with Crippen molar-refractivity contribution in [2.75, 3.05) is 14.1 Å². The first-order valence-corrected chi connectivity index (χ1v) is 13.5. The molecule has 2 heterocycles. The summed E-state index contributed by atoms with van der Waals surface area (Å²) in [5.74, 6) is -3.83. The van der Waals surface area contributed by atoms with Gasteiger partial charge in [0.2, 0.25) is 0 Å². The van der Waals surface area contributed by atoms with Crippen LogP contribution >= 0.6 is 0 Å². The average molecular weight is 526 g/mol. The molecule has 2 aliphatic heterocycles. The minimum absolute atomic E-state index is 0.168. The van der Waals surface area contributed by atoms with Gasteiger partial charge in [-0.1, -0.05) is 27.7 Å². The van der Waals surface area contributed by atoms with Crippen molar-refractivity contribution in [3.05, 3.63) is 12.2 Å². The lowest BCUT2D eigenvalue weighted by atomic mass is 9.80. The zero-order valence-corrected chi connectivity index (χ0v) is 23.8. The topological polar surface area (TPSA) is 123 Å². The number of hydrogen-bond donors (Lipinski definition) is 2. The number of aliphatic hydroxyl groups excluding tert-OH is 1. The number of Topliss-reactive ketones (excluding diaryl/α,β-unsaturated/α-hetero) is 1. The number of aliphatic hydroxyl groups is 2. The molecule has 0 saturated carbocycles. The van der Waals surface area contributed by atoms with Crippen LogP contribution in [0.5, 0.6) is 0 Å². The summed E-state index contributed by atoms with van der Waals surface area (Å²) < 4.78 is 17.9. The highest BCUT2D eigenvalue weighted by atomic mass is 16.7. The molecule has 0 aromatic carbocycles. The molecular formula is C28H47NO8. The Bertz CT molecular complexity index is 840. The van der Waals surface area contributed by atoms with E-state index < -0.39 is 53.9 Å². The normalized spacial score (nSPS) is 43.8. The summed E-state index contributed by atoms with van der Waals surface area (Å²) in [7, 11) is 3.77. The Morgan fingerprint density at radius 1 is 1.11 bits per heavy atom. The number of hydrogen-bond acceptors (Lipinski definition) is 9. The first kappa shape index (κ1) is 31.6. The third kappa shape index (κ3) is 7.69. The molecule has 0 aromatic heterocycles. The molecule has 37 heavy (non-hydrogen) atoms. The van der Waals surface area contributed by atoms with Crippen molar-refractivity contribution in [3.8, 4) is 0 Å². The van der Waals surface area contributed by atoms with Crippen LogP contribution in [0.1, 0.15) is 67.7 Å². The summed E-state index contributed by atoms with van der Waals surface area (Å²) in [6.45, 7) is 12.0. The maximum absolute atomic E-state index is 13.5. The number of nitrogens with zero attached hydrogens (tertiary/aromatic N) is 1. The molecule has 2 aliphatic rings. The fourth-order valence-electron chi connectivity index (χ4n) is 5.42. The molecule has 9 heteroatoms. The first-order chi connectivity index (χ1) is 17.1. The standard InChI is InChI=1S/C28H47NO8/c1-10-22-28(7,34)12-11-21(30)15(2)13-16(3)25(18(5)23(31)19(6)26(33)36-22)37-27-24(32)20(29(8)9)14-17(4)35-27/h11-12,15-20,22,24-25,27,32,34H,10,13-14H2,1-9H3/b12-11+/t15-,16+,17?,18+,19-,20+,22-,24?,25+,27-,28+/m1/s1. The van der Waals surface area contributed by atoms with E-state index in [1.807, 2.05) is 32.8 Å². The molecule has 11 atom stereocenters. The van der Waals surface area contributed by atoms with Crippen LogP contribution in [0.15, 0.2) is 12.2 Å². The smallest absolute Gasteiger partial charge is 0.316 e. The highest BCUT2D eigenvalue weighted by molar-refractivity contribution is 6.00. The second-order valence-electron chi connectivity index (χ2n) is 11.5. The van der Waals surface area contributed by atoms with Gasteiger partial charge in [-0.15, -0.1) is 0 Å². The van der Waals surface area contributed by atoms with Crippen LogP contribution in [0.25, 0.3) is 0 Å². The van der Waals surface area contributed by atoms with Crippen molar-refractivity contribution in [1.29, 1.82) is 0 Å². The van der Waals surface area contributed by atoms with E-state index in [0.717, 1.165) is 0 Å². The number of esters is 1. The summed E-state index contributed by atoms with van der Waals surface area (Å²) >= 11 is 0. The van der Waals surface area contributed by atoms with Crippen LogP contribution in [-0.2, 0) is 28.6 Å². The van der Waals surface area contributed by atoms with Crippen LogP contribution in [-0.4, -0.2) is 89.1 Å². The van der Waals surface area contributed by atoms with Gasteiger partial charge in [0.25, 0.3) is 0 Å². The number of cyclic esters (lactones) is 1. The molecule has 9 nitrogen and oxygen atoms in total. The Hall–Kier alpha value is -1.65. The van der Waals surface area contributed by atoms with Gasteiger partial charge in [0.15, 0.2) is 17.9 Å². The van der Waals surface area contributed by atoms with Gasteiger partial charge in [0.05, 0.1) is 12.2 Å². The molecular weight excluding hydrogens is 478 g/mol. The maximum atomic E-state index is 13.5. The Kier molecular flexibility index (Phi) is 11.0. The first-order valence-electron chi connectivity index (χ1n) is 13.5. The number of carbonyl (C=O) groups is 3. The fourth-order valence-corrected chi connectivity index (χ4v) is 5.42. The van der Waals surface area contributed by atoms with Gasteiger partial charge in [-0.05, 0) is 72.2 Å². The Labute approximate surface area is 221 Å². The molecule has 0 aliphatic carbocycles. The fraction of sp³-hybridized carbons (Fsp3) is 0.821. The van der Waals surface area contributed by atoms with Gasteiger partial charge in [0.1, 0.15) is 23.7 Å². The van der Waals surface area contributed by atoms with Crippen LogP contribution in [0.3, 0.4) is 0 Å². The number of ketones is 2. The summed E-state index contributed by atoms with van der Waals surface area (Å²) in [4.78, 5) is 41.3. The van der Waals surface area contributed by atoms with E-state index in [1.54, 1.807) is 20.8 Å². The predicted molar refractivity (Wildman–Crippen MR) is 139 cm³/mol. The van der Waals surface area contributed by atoms with E-state index in [1.165, 1.54) is 26.0 Å². The summed E-state index contributed by atoms with van der Waals surface area (Å²) in [6, 6.07) is -0.188. The molecule has 0 spiro atoms. The Morgan fingerprint density at radius 2 is 1.73 bits per heavy atom. The van der Waals surface area contributed by atoms with Crippen molar-refractivity contribution < 1.29 is 38.8 Å². The van der Waals surface area contributed by atoms with Crippen molar-refractivity contribution in [2.45, 2.75) is 110 Å². The summed E-state index contributed by atoms with van der Waals surface area (Å²) in [5, 5.41) is 21.9. The number of allylic oxidation sites excluding steroid dienone is 1. The Morgan fingerprint density at radius 3 is 2.30 bits per heavy atom.